The van der Waals surface area contributed by atoms with Gasteiger partial charge in [-0.25, -0.2) is 4.79 Å². The molecule has 0 bridgehead atoms. The summed E-state index contributed by atoms with van der Waals surface area (Å²) < 4.78 is 9.92. The molecule has 0 unspecified atom stereocenters. The second kappa shape index (κ2) is 7.23. The largest absolute Gasteiger partial charge is 0.462 e. The van der Waals surface area contributed by atoms with Crippen LogP contribution in [-0.2, 0) is 4.74 Å². The van der Waals surface area contributed by atoms with Crippen molar-refractivity contribution in [1.82, 2.24) is 5.16 Å². The van der Waals surface area contributed by atoms with Gasteiger partial charge in [-0.05, 0) is 18.6 Å². The van der Waals surface area contributed by atoms with Gasteiger partial charge in [0.15, 0.2) is 0 Å². The number of para-hydroxylation sites is 1. The molecule has 0 atom stereocenters. The predicted octanol–water partition coefficient (Wildman–Crippen LogP) is 2.88. The van der Waals surface area contributed by atoms with Crippen LogP contribution in [0, 0.1) is 0 Å². The molecule has 1 amide bonds. The van der Waals surface area contributed by atoms with Gasteiger partial charge >= 0.3 is 5.97 Å². The maximum Gasteiger partial charge on any atom is 0.340 e. The molecule has 110 valence electrons. The van der Waals surface area contributed by atoms with Crippen LogP contribution in [0.3, 0.4) is 0 Å². The van der Waals surface area contributed by atoms with Crippen molar-refractivity contribution in [2.75, 3.05) is 11.9 Å². The SMILES string of the molecule is CCCCOC(=O)c1ccccc1NC(=O)c1ccno1. The Labute approximate surface area is 122 Å². The molecule has 1 heterocycles. The molecule has 0 aliphatic carbocycles. The fourth-order valence-corrected chi connectivity index (χ4v) is 1.67. The molecule has 0 aliphatic rings. The number of hydrogen-bond acceptors (Lipinski definition) is 5. The molecule has 21 heavy (non-hydrogen) atoms. The van der Waals surface area contributed by atoms with Crippen LogP contribution in [0.4, 0.5) is 5.69 Å². The van der Waals surface area contributed by atoms with Crippen LogP contribution in [0.2, 0.25) is 0 Å². The van der Waals surface area contributed by atoms with E-state index in [2.05, 4.69) is 10.5 Å². The van der Waals surface area contributed by atoms with E-state index in [9.17, 15) is 9.59 Å². The standard InChI is InChI=1S/C15H16N2O4/c1-2-3-10-20-15(19)11-6-4-5-7-12(11)17-14(18)13-8-9-16-21-13/h4-9H,2-3,10H2,1H3,(H,17,18). The van der Waals surface area contributed by atoms with E-state index < -0.39 is 11.9 Å². The number of rotatable bonds is 6. The molecule has 0 fully saturated rings. The molecule has 1 aromatic carbocycles. The third-order valence-corrected chi connectivity index (χ3v) is 2.79. The summed E-state index contributed by atoms with van der Waals surface area (Å²) >= 11 is 0. The number of unbranched alkanes of at least 4 members (excludes halogenated alkanes) is 1. The Morgan fingerprint density at radius 2 is 2.10 bits per heavy atom. The Hall–Kier alpha value is -2.63. The van der Waals surface area contributed by atoms with Gasteiger partial charge in [0.25, 0.3) is 5.91 Å². The van der Waals surface area contributed by atoms with Crippen LogP contribution in [0.1, 0.15) is 40.7 Å². The van der Waals surface area contributed by atoms with Gasteiger partial charge in [0.05, 0.1) is 24.1 Å². The highest BCUT2D eigenvalue weighted by molar-refractivity contribution is 6.06. The number of benzene rings is 1. The Morgan fingerprint density at radius 1 is 1.29 bits per heavy atom. The molecule has 1 aromatic heterocycles. The van der Waals surface area contributed by atoms with Crippen molar-refractivity contribution < 1.29 is 18.8 Å². The van der Waals surface area contributed by atoms with Gasteiger partial charge in [0.2, 0.25) is 5.76 Å². The lowest BCUT2D eigenvalue weighted by molar-refractivity contribution is 0.0501. The lowest BCUT2D eigenvalue weighted by Crippen LogP contribution is -2.15. The summed E-state index contributed by atoms with van der Waals surface area (Å²) in [5, 5.41) is 6.08. The second-order valence-electron chi connectivity index (χ2n) is 4.37. The summed E-state index contributed by atoms with van der Waals surface area (Å²) in [7, 11) is 0. The maximum absolute atomic E-state index is 12.0. The van der Waals surface area contributed by atoms with Crippen LogP contribution in [0.25, 0.3) is 0 Å². The number of ether oxygens (including phenoxy) is 1. The summed E-state index contributed by atoms with van der Waals surface area (Å²) in [5.41, 5.74) is 0.682. The molecule has 0 aliphatic heterocycles. The van der Waals surface area contributed by atoms with Crippen molar-refractivity contribution in [3.8, 4) is 0 Å². The van der Waals surface area contributed by atoms with E-state index >= 15 is 0 Å². The molecule has 6 heteroatoms. The molecule has 0 saturated carbocycles. The summed E-state index contributed by atoms with van der Waals surface area (Å²) in [5.74, 6) is -0.859. The molecular formula is C15H16N2O4. The molecule has 2 aromatic rings. The second-order valence-corrected chi connectivity index (χ2v) is 4.37. The van der Waals surface area contributed by atoms with Crippen molar-refractivity contribution in [2.24, 2.45) is 0 Å². The van der Waals surface area contributed by atoms with Crippen LogP contribution in [0.5, 0.6) is 0 Å². The van der Waals surface area contributed by atoms with Crippen molar-refractivity contribution in [2.45, 2.75) is 19.8 Å². The monoisotopic (exact) mass is 288 g/mol. The number of esters is 1. The minimum absolute atomic E-state index is 0.0733. The van der Waals surface area contributed by atoms with Gasteiger partial charge in [-0.1, -0.05) is 30.6 Å². The third kappa shape index (κ3) is 3.92. The molecule has 1 N–H and O–H groups in total. The fraction of sp³-hybridized carbons (Fsp3) is 0.267. The zero-order valence-corrected chi connectivity index (χ0v) is 11.7. The Balaban J connectivity index is 2.09. The number of carbonyl (C=O) groups is 2. The van der Waals surface area contributed by atoms with Crippen LogP contribution >= 0.6 is 0 Å². The van der Waals surface area contributed by atoms with E-state index in [-0.39, 0.29) is 5.76 Å². The number of hydrogen-bond donors (Lipinski definition) is 1. The highest BCUT2D eigenvalue weighted by Gasteiger charge is 2.16. The Bertz CT molecular complexity index is 608. The molecular weight excluding hydrogens is 272 g/mol. The number of anilines is 1. The van der Waals surface area contributed by atoms with E-state index in [1.54, 1.807) is 24.3 Å². The number of aromatic nitrogens is 1. The van der Waals surface area contributed by atoms with Gasteiger partial charge in [-0.3, -0.25) is 4.79 Å². The smallest absolute Gasteiger partial charge is 0.340 e. The first-order valence-corrected chi connectivity index (χ1v) is 6.70. The van der Waals surface area contributed by atoms with Gasteiger partial charge < -0.3 is 14.6 Å². The van der Waals surface area contributed by atoms with Crippen molar-refractivity contribution in [1.29, 1.82) is 0 Å². The summed E-state index contributed by atoms with van der Waals surface area (Å²) in [4.78, 5) is 23.9. The lowest BCUT2D eigenvalue weighted by atomic mass is 10.1. The third-order valence-electron chi connectivity index (χ3n) is 2.79. The topological polar surface area (TPSA) is 81.4 Å². The molecule has 0 radical (unpaired) electrons. The van der Waals surface area contributed by atoms with Crippen LogP contribution < -0.4 is 5.32 Å². The van der Waals surface area contributed by atoms with Crippen molar-refractivity contribution in [3.05, 3.63) is 47.9 Å². The summed E-state index contributed by atoms with van der Waals surface area (Å²) in [6.45, 7) is 2.37. The number of carbonyl (C=O) groups excluding carboxylic acids is 2. The molecule has 0 spiro atoms. The zero-order valence-electron chi connectivity index (χ0n) is 11.7. The maximum atomic E-state index is 12.0. The van der Waals surface area contributed by atoms with E-state index in [1.165, 1.54) is 12.3 Å². The minimum atomic E-state index is -0.471. The molecule has 6 nitrogen and oxygen atoms in total. The highest BCUT2D eigenvalue weighted by Crippen LogP contribution is 2.17. The lowest BCUT2D eigenvalue weighted by Gasteiger charge is -2.09. The molecule has 0 saturated heterocycles. The van der Waals surface area contributed by atoms with E-state index in [0.29, 0.717) is 17.9 Å². The Kier molecular flexibility index (Phi) is 5.09. The Morgan fingerprint density at radius 3 is 2.81 bits per heavy atom. The first-order valence-electron chi connectivity index (χ1n) is 6.70. The van der Waals surface area contributed by atoms with Crippen LogP contribution in [-0.4, -0.2) is 23.6 Å². The van der Waals surface area contributed by atoms with E-state index in [4.69, 9.17) is 9.26 Å². The highest BCUT2D eigenvalue weighted by atomic mass is 16.5. The number of amides is 1. The van der Waals surface area contributed by atoms with E-state index in [0.717, 1.165) is 12.8 Å². The number of nitrogens with one attached hydrogen (secondary N) is 1. The average Bonchev–Trinajstić information content (AvgIpc) is 3.02. The van der Waals surface area contributed by atoms with Crippen molar-refractivity contribution >= 4 is 17.6 Å². The normalized spacial score (nSPS) is 10.1. The van der Waals surface area contributed by atoms with E-state index in [1.807, 2.05) is 6.92 Å². The predicted molar refractivity (Wildman–Crippen MR) is 76.1 cm³/mol. The van der Waals surface area contributed by atoms with Gasteiger partial charge in [0.1, 0.15) is 0 Å². The first-order chi connectivity index (χ1) is 10.2. The number of nitrogens with zero attached hydrogens (tertiary/aromatic N) is 1. The fourth-order valence-electron chi connectivity index (χ4n) is 1.67. The quantitative estimate of drug-likeness (QED) is 0.653. The van der Waals surface area contributed by atoms with Crippen molar-refractivity contribution in [3.63, 3.8) is 0 Å². The summed E-state index contributed by atoms with van der Waals surface area (Å²) in [6, 6.07) is 8.10. The first kappa shape index (κ1) is 14.8. The van der Waals surface area contributed by atoms with Gasteiger partial charge in [-0.15, -0.1) is 0 Å². The zero-order chi connectivity index (χ0) is 15.1. The summed E-state index contributed by atoms with van der Waals surface area (Å²) in [6.07, 6.45) is 3.12. The molecule has 2 rings (SSSR count). The van der Waals surface area contributed by atoms with Gasteiger partial charge in [0, 0.05) is 6.07 Å². The average molecular weight is 288 g/mol. The van der Waals surface area contributed by atoms with Gasteiger partial charge in [-0.2, -0.15) is 0 Å². The van der Waals surface area contributed by atoms with Crippen LogP contribution in [0.15, 0.2) is 41.1 Å². The minimum Gasteiger partial charge on any atom is -0.462 e.